The zero-order valence-electron chi connectivity index (χ0n) is 4.07. The van der Waals surface area contributed by atoms with Gasteiger partial charge in [0, 0.05) is 0 Å². The summed E-state index contributed by atoms with van der Waals surface area (Å²) in [5.41, 5.74) is 0. The van der Waals surface area contributed by atoms with Gasteiger partial charge in [-0.3, -0.25) is 0 Å². The fourth-order valence-corrected chi connectivity index (χ4v) is 0.680. The van der Waals surface area contributed by atoms with Gasteiger partial charge in [-0.2, -0.15) is 11.3 Å². The summed E-state index contributed by atoms with van der Waals surface area (Å²) in [4.78, 5) is 0. The topological polar surface area (TPSA) is 40.9 Å². The predicted octanol–water partition coefficient (Wildman–Crippen LogP) is 1.66. The Morgan fingerprint density at radius 2 is 1.75 bits per heavy atom. The summed E-state index contributed by atoms with van der Waals surface area (Å²) >= 11 is 1.13. The summed E-state index contributed by atoms with van der Waals surface area (Å²) in [7, 11) is 0. The van der Waals surface area contributed by atoms with Crippen LogP contribution < -0.4 is 0 Å². The summed E-state index contributed by atoms with van der Waals surface area (Å²) < 4.78 is 14.2. The van der Waals surface area contributed by atoms with E-state index in [1.165, 1.54) is 0 Å². The highest BCUT2D eigenvalue weighted by molar-refractivity contribution is 7.52. The zero-order chi connectivity index (χ0) is 6.24. The normalized spacial score (nSPS) is 7.00. The van der Waals surface area contributed by atoms with E-state index in [9.17, 15) is 0 Å². The maximum Gasteiger partial charge on any atom is -0.00934 e. The Morgan fingerprint density at radius 1 is 1.38 bits per heavy atom. The average molecular weight is 148 g/mol. The van der Waals surface area contributed by atoms with Crippen molar-refractivity contribution in [1.82, 2.24) is 0 Å². The van der Waals surface area contributed by atoms with E-state index in [4.69, 9.17) is 8.99 Å². The van der Waals surface area contributed by atoms with Crippen molar-refractivity contribution in [3.8, 4) is 0 Å². The van der Waals surface area contributed by atoms with Crippen LogP contribution in [0.5, 0.6) is 0 Å². The van der Waals surface area contributed by atoms with E-state index in [1.54, 1.807) is 11.3 Å². The van der Waals surface area contributed by atoms with Crippen LogP contribution in [-0.4, -0.2) is 0 Å². The van der Waals surface area contributed by atoms with Crippen LogP contribution in [0.1, 0.15) is 0 Å². The number of thiol groups is 1. The fraction of sp³-hybridized carbons (Fsp3) is 0. The Bertz CT molecular complexity index is 126. The van der Waals surface area contributed by atoms with Gasteiger partial charge in [0.25, 0.3) is 0 Å². The minimum Gasteiger partial charge on any atom is -0.448 e. The molecule has 0 unspecified atom stereocenters. The summed E-state index contributed by atoms with van der Waals surface area (Å²) in [6, 6.07) is 4.04. The first-order chi connectivity index (χ1) is 3.91. The summed E-state index contributed by atoms with van der Waals surface area (Å²) in [6.07, 6.45) is 0. The van der Waals surface area contributed by atoms with Gasteiger partial charge in [0.15, 0.2) is 0 Å². The number of nitrogens with one attached hydrogen (secondary N) is 1. The van der Waals surface area contributed by atoms with Crippen LogP contribution in [0.4, 0.5) is 0 Å². The van der Waals surface area contributed by atoms with Crippen LogP contribution in [0.15, 0.2) is 22.9 Å². The van der Waals surface area contributed by atoms with Gasteiger partial charge in [0.1, 0.15) is 0 Å². The average Bonchev–Trinajstić information content (AvgIpc) is 2.17. The van der Waals surface area contributed by atoms with Crippen LogP contribution in [0.3, 0.4) is 0 Å². The number of hydrogen-bond acceptors (Lipinski definition) is 4. The smallest absolute Gasteiger partial charge is 0.00934 e. The van der Waals surface area contributed by atoms with Crippen molar-refractivity contribution in [3.63, 3.8) is 0 Å². The van der Waals surface area contributed by atoms with Crippen molar-refractivity contribution in [2.45, 2.75) is 0 Å². The first kappa shape index (κ1) is 7.65. The van der Waals surface area contributed by atoms with Crippen LogP contribution in [-0.2, 0) is 15.7 Å². The molecule has 0 spiro atoms. The molecule has 1 N–H and O–H groups in total. The summed E-state index contributed by atoms with van der Waals surface area (Å²) in [5, 5.41) is 4.08. The van der Waals surface area contributed by atoms with Crippen molar-refractivity contribution in [1.29, 1.82) is 4.78 Å². The molecule has 8 heavy (non-hydrogen) atoms. The molecule has 0 radical (unpaired) electrons. The standard InChI is InChI=1S/C4H4S.H2NOS/c1-2-4-5-3-1;1-3-2/h1-4H;1,3H/q;-1. The van der Waals surface area contributed by atoms with Crippen molar-refractivity contribution in [2.24, 2.45) is 0 Å². The lowest BCUT2D eigenvalue weighted by atomic mass is 10.7. The molecule has 1 aromatic rings. The molecular weight excluding hydrogens is 142 g/mol. The fourth-order valence-electron chi connectivity index (χ4n) is 0.227. The van der Waals surface area contributed by atoms with Gasteiger partial charge in [-0.15, -0.1) is 0 Å². The second-order valence-corrected chi connectivity index (χ2v) is 1.88. The van der Waals surface area contributed by atoms with Crippen molar-refractivity contribution in [2.75, 3.05) is 0 Å². The molecule has 0 amide bonds. The van der Waals surface area contributed by atoms with E-state index in [0.29, 0.717) is 0 Å². The van der Waals surface area contributed by atoms with E-state index >= 15 is 0 Å². The first-order valence-electron chi connectivity index (χ1n) is 1.88. The molecule has 0 saturated heterocycles. The lowest BCUT2D eigenvalue weighted by Crippen LogP contribution is -1.16. The van der Waals surface area contributed by atoms with Gasteiger partial charge in [-0.25, -0.2) is 11.5 Å². The number of hydrogen-bond donors (Lipinski definition) is 1. The third-order valence-corrected chi connectivity index (χ3v) is 1.05. The molecule has 0 aliphatic rings. The Morgan fingerprint density at radius 3 is 1.88 bits per heavy atom. The van der Waals surface area contributed by atoms with Crippen LogP contribution in [0.25, 0.3) is 0 Å². The largest absolute Gasteiger partial charge is 0.448 e. The van der Waals surface area contributed by atoms with Gasteiger partial charge in [-0.1, -0.05) is 12.1 Å². The van der Waals surface area contributed by atoms with Gasteiger partial charge in [0.05, 0.1) is 0 Å². The molecule has 2 nitrogen and oxygen atoms in total. The number of rotatable bonds is 0. The molecule has 0 fully saturated rings. The van der Waals surface area contributed by atoms with Gasteiger partial charge < -0.3 is 8.99 Å². The third kappa shape index (κ3) is 5.65. The minimum absolute atomic E-state index is 0.583. The van der Waals surface area contributed by atoms with E-state index in [1.807, 2.05) is 22.9 Å². The lowest BCUT2D eigenvalue weighted by Gasteiger charge is -1.39. The second kappa shape index (κ2) is 6.65. The molecule has 0 saturated carbocycles. The molecule has 0 atom stereocenters. The van der Waals surface area contributed by atoms with Crippen molar-refractivity contribution < 1.29 is 4.21 Å². The Labute approximate surface area is 55.2 Å². The summed E-state index contributed by atoms with van der Waals surface area (Å²) in [6.45, 7) is 0. The monoisotopic (exact) mass is 148 g/mol. The summed E-state index contributed by atoms with van der Waals surface area (Å²) in [5.74, 6) is 0. The quantitative estimate of drug-likeness (QED) is 0.441. The predicted molar refractivity (Wildman–Crippen MR) is 36.5 cm³/mol. The Kier molecular flexibility index (Phi) is 6.36. The van der Waals surface area contributed by atoms with E-state index in [-0.39, 0.29) is 0 Å². The molecule has 0 aliphatic heterocycles. The first-order valence-corrected chi connectivity index (χ1v) is 3.63. The molecule has 1 heterocycles. The van der Waals surface area contributed by atoms with Crippen molar-refractivity contribution >= 4 is 22.8 Å². The van der Waals surface area contributed by atoms with E-state index in [2.05, 4.69) is 0 Å². The molecule has 0 bridgehead atoms. The maximum atomic E-state index is 8.57. The van der Waals surface area contributed by atoms with Crippen molar-refractivity contribution in [3.05, 3.63) is 22.9 Å². The molecule has 0 aliphatic carbocycles. The molecule has 1 rings (SSSR count). The highest BCUT2D eigenvalue weighted by Crippen LogP contribution is 1.91. The van der Waals surface area contributed by atoms with Gasteiger partial charge in [-0.05, 0) is 10.8 Å². The lowest BCUT2D eigenvalue weighted by molar-refractivity contribution is 0.608. The van der Waals surface area contributed by atoms with Gasteiger partial charge in [0.2, 0.25) is 0 Å². The van der Waals surface area contributed by atoms with Crippen LogP contribution in [0, 0.1) is 4.78 Å². The third-order valence-electron chi connectivity index (χ3n) is 0.425. The molecular formula is C4H6NOS2-. The van der Waals surface area contributed by atoms with Crippen LogP contribution >= 0.6 is 11.3 Å². The van der Waals surface area contributed by atoms with E-state index < -0.39 is 11.5 Å². The highest BCUT2D eigenvalue weighted by atomic mass is 32.1. The SMILES string of the molecule is N=[SH-]=O.c1ccsc1. The zero-order valence-corrected chi connectivity index (χ0v) is 5.78. The second-order valence-electron chi connectivity index (χ2n) is 0.884. The van der Waals surface area contributed by atoms with Crippen LogP contribution in [0.2, 0.25) is 0 Å². The molecule has 4 heteroatoms. The van der Waals surface area contributed by atoms with Gasteiger partial charge >= 0.3 is 0 Å². The molecule has 46 valence electrons. The molecule has 1 aromatic heterocycles. The molecule has 0 aromatic carbocycles. The minimum atomic E-state index is -0.583. The highest BCUT2D eigenvalue weighted by Gasteiger charge is 1.58. The Balaban J connectivity index is 0.000000145. The van der Waals surface area contributed by atoms with E-state index in [0.717, 1.165) is 0 Å². The number of thiophene rings is 1. The Hall–Kier alpha value is -0.350. The maximum absolute atomic E-state index is 8.57.